The predicted octanol–water partition coefficient (Wildman–Crippen LogP) is 8.16. The van der Waals surface area contributed by atoms with E-state index in [2.05, 4.69) is 38.8 Å². The van der Waals surface area contributed by atoms with Gasteiger partial charge in [0.2, 0.25) is 5.95 Å². The number of nitrogens with zero attached hydrogens (tertiary/aromatic N) is 2. The Kier molecular flexibility index (Phi) is 6.03. The summed E-state index contributed by atoms with van der Waals surface area (Å²) in [5.41, 5.74) is 3.29. The van der Waals surface area contributed by atoms with E-state index in [1.165, 1.54) is 12.1 Å². The van der Waals surface area contributed by atoms with Gasteiger partial charge >= 0.3 is 6.18 Å². The fraction of sp³-hybridized carbons (Fsp3) is 0.0690. The normalized spacial score (nSPS) is 11.7. The van der Waals surface area contributed by atoms with E-state index >= 15 is 0 Å². The van der Waals surface area contributed by atoms with Gasteiger partial charge in [0.15, 0.2) is 0 Å². The van der Waals surface area contributed by atoms with Crippen molar-refractivity contribution in [3.63, 3.8) is 0 Å². The first-order valence-corrected chi connectivity index (χ1v) is 12.8. The fourth-order valence-corrected chi connectivity index (χ4v) is 5.33. The highest BCUT2D eigenvalue weighted by molar-refractivity contribution is 7.22. The molecule has 0 aliphatic rings. The van der Waals surface area contributed by atoms with Crippen LogP contribution in [-0.4, -0.2) is 20.9 Å². The van der Waals surface area contributed by atoms with Gasteiger partial charge in [0, 0.05) is 27.8 Å². The minimum atomic E-state index is -4.54. The second kappa shape index (κ2) is 9.55. The van der Waals surface area contributed by atoms with Gasteiger partial charge in [0.25, 0.3) is 5.91 Å². The van der Waals surface area contributed by atoms with Crippen molar-refractivity contribution in [1.82, 2.24) is 15.0 Å². The number of thiophene rings is 1. The van der Waals surface area contributed by atoms with E-state index in [1.54, 1.807) is 29.5 Å². The molecule has 0 spiro atoms. The average Bonchev–Trinajstić information content (AvgIpc) is 3.57. The number of anilines is 3. The van der Waals surface area contributed by atoms with Crippen LogP contribution in [-0.2, 0) is 6.18 Å². The molecule has 194 valence electrons. The van der Waals surface area contributed by atoms with Crippen molar-refractivity contribution in [2.45, 2.75) is 13.1 Å². The molecule has 0 bridgehead atoms. The number of benzene rings is 3. The summed E-state index contributed by atoms with van der Waals surface area (Å²) in [7, 11) is 0. The number of halogens is 3. The highest BCUT2D eigenvalue weighted by atomic mass is 32.1. The topological polar surface area (TPSA) is 82.7 Å². The zero-order valence-corrected chi connectivity index (χ0v) is 21.2. The van der Waals surface area contributed by atoms with Crippen LogP contribution in [0.4, 0.5) is 30.5 Å². The van der Waals surface area contributed by atoms with Crippen molar-refractivity contribution in [3.05, 3.63) is 102 Å². The lowest BCUT2D eigenvalue weighted by atomic mass is 10.1. The van der Waals surface area contributed by atoms with Crippen LogP contribution < -0.4 is 10.6 Å². The Morgan fingerprint density at radius 3 is 2.62 bits per heavy atom. The first kappa shape index (κ1) is 24.6. The maximum Gasteiger partial charge on any atom is 0.416 e. The molecule has 0 fully saturated rings. The summed E-state index contributed by atoms with van der Waals surface area (Å²) in [5.74, 6) is -0.271. The number of rotatable bonds is 5. The number of hydrogen-bond donors (Lipinski definition) is 3. The molecule has 0 atom stereocenters. The van der Waals surface area contributed by atoms with E-state index in [1.807, 2.05) is 31.3 Å². The van der Waals surface area contributed by atoms with Gasteiger partial charge in [-0.1, -0.05) is 30.3 Å². The van der Waals surface area contributed by atoms with E-state index in [-0.39, 0.29) is 5.56 Å². The molecule has 6 aromatic rings. The first-order chi connectivity index (χ1) is 18.7. The summed E-state index contributed by atoms with van der Waals surface area (Å²) < 4.78 is 40.4. The Bertz CT molecular complexity index is 1820. The highest BCUT2D eigenvalue weighted by Crippen LogP contribution is 2.36. The molecule has 0 aliphatic carbocycles. The number of fused-ring (bicyclic) bond motifs is 2. The number of amides is 1. The molecule has 0 saturated heterocycles. The SMILES string of the molecule is Cc1ccc(NC(=O)c2cccc(C(F)(F)F)c2)cc1Nc1nc(-c2cc3ccccc3s2)c2[nH]ccc2n1. The van der Waals surface area contributed by atoms with Crippen LogP contribution in [0, 0.1) is 6.92 Å². The highest BCUT2D eigenvalue weighted by Gasteiger charge is 2.31. The molecule has 0 aliphatic heterocycles. The van der Waals surface area contributed by atoms with E-state index in [4.69, 9.17) is 4.98 Å². The maximum absolute atomic E-state index is 13.1. The summed E-state index contributed by atoms with van der Waals surface area (Å²) in [6.07, 6.45) is -2.72. The number of alkyl halides is 3. The number of aromatic amines is 1. The Morgan fingerprint density at radius 1 is 0.949 bits per heavy atom. The number of H-pyrrole nitrogens is 1. The molecule has 3 N–H and O–H groups in total. The molecule has 3 aromatic carbocycles. The summed E-state index contributed by atoms with van der Waals surface area (Å²) in [5, 5.41) is 7.06. The predicted molar refractivity (Wildman–Crippen MR) is 149 cm³/mol. The van der Waals surface area contributed by atoms with E-state index in [0.29, 0.717) is 17.3 Å². The molecule has 39 heavy (non-hydrogen) atoms. The van der Waals surface area contributed by atoms with Gasteiger partial charge in [-0.05, 0) is 66.4 Å². The third-order valence-electron chi connectivity index (χ3n) is 6.26. The maximum atomic E-state index is 13.1. The number of carbonyl (C=O) groups is 1. The van der Waals surface area contributed by atoms with E-state index in [9.17, 15) is 18.0 Å². The zero-order chi connectivity index (χ0) is 27.1. The molecule has 0 saturated carbocycles. The average molecular weight is 544 g/mol. The summed E-state index contributed by atoms with van der Waals surface area (Å²) in [6.45, 7) is 1.89. The van der Waals surface area contributed by atoms with Crippen LogP contribution in [0.5, 0.6) is 0 Å². The molecule has 3 aromatic heterocycles. The monoisotopic (exact) mass is 543 g/mol. The van der Waals surface area contributed by atoms with Crippen LogP contribution in [0.2, 0.25) is 0 Å². The van der Waals surface area contributed by atoms with Gasteiger partial charge in [-0.15, -0.1) is 11.3 Å². The Labute approximate surface area is 224 Å². The van der Waals surface area contributed by atoms with Crippen molar-refractivity contribution >= 4 is 55.7 Å². The Balaban J connectivity index is 1.30. The largest absolute Gasteiger partial charge is 0.416 e. The molecular weight excluding hydrogens is 523 g/mol. The summed E-state index contributed by atoms with van der Waals surface area (Å²) in [4.78, 5) is 26.4. The van der Waals surface area contributed by atoms with Crippen molar-refractivity contribution in [3.8, 4) is 10.6 Å². The molecule has 10 heteroatoms. The second-order valence-corrected chi connectivity index (χ2v) is 10.1. The van der Waals surface area contributed by atoms with Crippen LogP contribution in [0.15, 0.2) is 85.1 Å². The van der Waals surface area contributed by atoms with Gasteiger partial charge in [-0.3, -0.25) is 4.79 Å². The van der Waals surface area contributed by atoms with Crippen molar-refractivity contribution < 1.29 is 18.0 Å². The van der Waals surface area contributed by atoms with Gasteiger partial charge in [-0.25, -0.2) is 9.97 Å². The number of nitrogens with one attached hydrogen (secondary N) is 3. The van der Waals surface area contributed by atoms with Gasteiger partial charge < -0.3 is 15.6 Å². The van der Waals surface area contributed by atoms with Gasteiger partial charge in [-0.2, -0.15) is 13.2 Å². The second-order valence-electron chi connectivity index (χ2n) is 8.97. The number of aryl methyl sites for hydroxylation is 1. The molecule has 0 radical (unpaired) electrons. The van der Waals surface area contributed by atoms with Gasteiger partial charge in [0.05, 0.1) is 21.5 Å². The quantitative estimate of drug-likeness (QED) is 0.205. The van der Waals surface area contributed by atoms with Crippen LogP contribution in [0.3, 0.4) is 0 Å². The van der Waals surface area contributed by atoms with E-state index in [0.717, 1.165) is 49.4 Å². The number of hydrogen-bond acceptors (Lipinski definition) is 5. The minimum absolute atomic E-state index is 0.0888. The summed E-state index contributed by atoms with van der Waals surface area (Å²) in [6, 6.07) is 21.6. The molecular formula is C29H20F3N5OS. The smallest absolute Gasteiger partial charge is 0.358 e. The van der Waals surface area contributed by atoms with Crippen molar-refractivity contribution in [2.75, 3.05) is 10.6 Å². The van der Waals surface area contributed by atoms with Crippen LogP contribution in [0.25, 0.3) is 31.7 Å². The molecule has 0 unspecified atom stereocenters. The van der Waals surface area contributed by atoms with Crippen molar-refractivity contribution in [1.29, 1.82) is 0 Å². The molecule has 6 rings (SSSR count). The first-order valence-electron chi connectivity index (χ1n) is 11.9. The Morgan fingerprint density at radius 2 is 1.79 bits per heavy atom. The number of aromatic nitrogens is 3. The van der Waals surface area contributed by atoms with Gasteiger partial charge in [0.1, 0.15) is 5.69 Å². The molecule has 1 amide bonds. The lowest BCUT2D eigenvalue weighted by Gasteiger charge is -2.13. The third kappa shape index (κ3) is 4.94. The zero-order valence-electron chi connectivity index (χ0n) is 20.4. The minimum Gasteiger partial charge on any atom is -0.358 e. The standard InChI is InChI=1S/C29H20F3N5OS/c1-16-9-10-20(34-27(38)18-6-4-7-19(13-18)29(30,31)32)15-22(16)36-28-35-21-11-12-33-25(21)26(37-28)24-14-17-5-2-3-8-23(17)39-24/h2-15,33H,1H3,(H,34,38)(H,35,36,37). The third-order valence-corrected chi connectivity index (χ3v) is 7.38. The molecule has 3 heterocycles. The Hall–Kier alpha value is -4.70. The molecule has 6 nitrogen and oxygen atoms in total. The number of carbonyl (C=O) groups excluding carboxylic acids is 1. The van der Waals surface area contributed by atoms with Crippen LogP contribution >= 0.6 is 11.3 Å². The lowest BCUT2D eigenvalue weighted by Crippen LogP contribution is -2.14. The van der Waals surface area contributed by atoms with Crippen molar-refractivity contribution in [2.24, 2.45) is 0 Å². The van der Waals surface area contributed by atoms with E-state index < -0.39 is 17.6 Å². The van der Waals surface area contributed by atoms with Crippen LogP contribution in [0.1, 0.15) is 21.5 Å². The summed E-state index contributed by atoms with van der Waals surface area (Å²) >= 11 is 1.64. The lowest BCUT2D eigenvalue weighted by molar-refractivity contribution is -0.137. The fourth-order valence-electron chi connectivity index (χ4n) is 4.27.